The second kappa shape index (κ2) is 7.78. The molecule has 0 saturated carbocycles. The molecule has 0 saturated heterocycles. The highest BCUT2D eigenvalue weighted by atomic mass is 15.0. The third-order valence-corrected chi connectivity index (χ3v) is 6.08. The fraction of sp³-hybridized carbons (Fsp3) is 0. The van der Waals surface area contributed by atoms with Crippen LogP contribution in [0.15, 0.2) is 115 Å². The Morgan fingerprint density at radius 1 is 0.606 bits per heavy atom. The maximum Gasteiger partial charge on any atom is 0.101 e. The van der Waals surface area contributed by atoms with E-state index in [1.54, 1.807) is 18.3 Å². The average Bonchev–Trinajstić information content (AvgIpc) is 3.23. The molecule has 0 bridgehead atoms. The Bertz CT molecular complexity index is 1630. The van der Waals surface area contributed by atoms with Crippen molar-refractivity contribution in [3.05, 3.63) is 121 Å². The first-order valence-electron chi connectivity index (χ1n) is 10.9. The molecule has 0 spiro atoms. The first-order chi connectivity index (χ1) is 16.3. The van der Waals surface area contributed by atoms with Crippen LogP contribution in [-0.4, -0.2) is 9.55 Å². The van der Waals surface area contributed by atoms with Gasteiger partial charge in [-0.2, -0.15) is 5.26 Å². The molecule has 4 aromatic carbocycles. The van der Waals surface area contributed by atoms with E-state index < -0.39 is 0 Å². The zero-order valence-electron chi connectivity index (χ0n) is 17.8. The number of hydrogen-bond donors (Lipinski definition) is 0. The summed E-state index contributed by atoms with van der Waals surface area (Å²) in [5.74, 6) is 0. The van der Waals surface area contributed by atoms with E-state index >= 15 is 0 Å². The van der Waals surface area contributed by atoms with E-state index in [1.807, 2.05) is 12.1 Å². The number of aromatic nitrogens is 2. The Hall–Kier alpha value is -4.68. The summed E-state index contributed by atoms with van der Waals surface area (Å²) >= 11 is 0. The first-order valence-corrected chi connectivity index (χ1v) is 10.9. The van der Waals surface area contributed by atoms with Gasteiger partial charge in [0.15, 0.2) is 0 Å². The third kappa shape index (κ3) is 3.17. The smallest absolute Gasteiger partial charge is 0.101 e. The number of nitriles is 1. The number of benzene rings is 4. The molecule has 33 heavy (non-hydrogen) atoms. The van der Waals surface area contributed by atoms with Crippen LogP contribution < -0.4 is 0 Å². The highest BCUT2D eigenvalue weighted by molar-refractivity contribution is 6.09. The van der Waals surface area contributed by atoms with E-state index in [0.717, 1.165) is 22.4 Å². The Morgan fingerprint density at radius 3 is 1.97 bits per heavy atom. The van der Waals surface area contributed by atoms with Crippen LogP contribution >= 0.6 is 0 Å². The summed E-state index contributed by atoms with van der Waals surface area (Å²) in [5.41, 5.74) is 7.93. The van der Waals surface area contributed by atoms with Gasteiger partial charge < -0.3 is 4.57 Å². The van der Waals surface area contributed by atoms with E-state index in [1.165, 1.54) is 21.8 Å². The molecular weight excluding hydrogens is 402 g/mol. The molecule has 0 N–H and O–H groups in total. The molecule has 0 unspecified atom stereocenters. The van der Waals surface area contributed by atoms with Gasteiger partial charge in [0.2, 0.25) is 0 Å². The van der Waals surface area contributed by atoms with Crippen molar-refractivity contribution in [3.8, 4) is 34.1 Å². The number of para-hydroxylation sites is 2. The van der Waals surface area contributed by atoms with Crippen molar-refractivity contribution >= 4 is 21.8 Å². The van der Waals surface area contributed by atoms with Crippen molar-refractivity contribution in [1.29, 1.82) is 5.26 Å². The maximum atomic E-state index is 9.49. The highest BCUT2D eigenvalue weighted by Gasteiger charge is 2.12. The standard InChI is InChI=1S/C30H19N3/c31-20-24-11-7-17-32-30(24)23-10-5-8-21(18-23)22-9-6-12-25(19-22)33-28-15-3-1-13-26(28)27-14-2-4-16-29(27)33/h1-19H. The molecule has 0 aliphatic carbocycles. The lowest BCUT2D eigenvalue weighted by atomic mass is 9.99. The SMILES string of the molecule is N#Cc1cccnc1-c1cccc(-c2cccc(-n3c4ccccc4c4ccccc43)c2)c1. The average molecular weight is 422 g/mol. The fourth-order valence-electron chi connectivity index (χ4n) is 4.60. The molecule has 2 heterocycles. The summed E-state index contributed by atoms with van der Waals surface area (Å²) in [5, 5.41) is 12.0. The van der Waals surface area contributed by atoms with Crippen LogP contribution in [0.2, 0.25) is 0 Å². The molecule has 154 valence electrons. The van der Waals surface area contributed by atoms with Gasteiger partial charge in [-0.25, -0.2) is 0 Å². The minimum Gasteiger partial charge on any atom is -0.309 e. The number of hydrogen-bond acceptors (Lipinski definition) is 2. The quantitative estimate of drug-likeness (QED) is 0.299. The molecular formula is C30H19N3. The van der Waals surface area contributed by atoms with Gasteiger partial charge in [-0.3, -0.25) is 4.98 Å². The zero-order valence-corrected chi connectivity index (χ0v) is 17.8. The minimum atomic E-state index is 0.577. The van der Waals surface area contributed by atoms with Crippen molar-refractivity contribution < 1.29 is 0 Å². The van der Waals surface area contributed by atoms with E-state index in [4.69, 9.17) is 0 Å². The molecule has 0 amide bonds. The van der Waals surface area contributed by atoms with Crippen molar-refractivity contribution in [2.45, 2.75) is 0 Å². The van der Waals surface area contributed by atoms with Crippen molar-refractivity contribution in [2.24, 2.45) is 0 Å². The van der Waals surface area contributed by atoms with Crippen LogP contribution in [0.5, 0.6) is 0 Å². The van der Waals surface area contributed by atoms with Crippen LogP contribution in [0.1, 0.15) is 5.56 Å². The van der Waals surface area contributed by atoms with E-state index in [-0.39, 0.29) is 0 Å². The molecule has 0 atom stereocenters. The molecule has 3 heteroatoms. The fourth-order valence-corrected chi connectivity index (χ4v) is 4.60. The summed E-state index contributed by atoms with van der Waals surface area (Å²) in [4.78, 5) is 4.45. The van der Waals surface area contributed by atoms with Crippen LogP contribution in [0.25, 0.3) is 49.9 Å². The number of fused-ring (bicyclic) bond motifs is 3. The van der Waals surface area contributed by atoms with Crippen molar-refractivity contribution in [2.75, 3.05) is 0 Å². The number of rotatable bonds is 3. The van der Waals surface area contributed by atoms with Crippen LogP contribution in [0.4, 0.5) is 0 Å². The molecule has 2 aromatic heterocycles. The van der Waals surface area contributed by atoms with E-state index in [9.17, 15) is 5.26 Å². The molecule has 6 rings (SSSR count). The summed E-state index contributed by atoms with van der Waals surface area (Å²) in [7, 11) is 0. The van der Waals surface area contributed by atoms with Gasteiger partial charge in [-0.15, -0.1) is 0 Å². The predicted molar refractivity (Wildman–Crippen MR) is 134 cm³/mol. The Kier molecular flexibility index (Phi) is 4.49. The van der Waals surface area contributed by atoms with Crippen LogP contribution in [0, 0.1) is 11.3 Å². The summed E-state index contributed by atoms with van der Waals surface area (Å²) in [6, 6.07) is 39.7. The van der Waals surface area contributed by atoms with Gasteiger partial charge in [0.25, 0.3) is 0 Å². The molecule has 3 nitrogen and oxygen atoms in total. The monoisotopic (exact) mass is 421 g/mol. The Morgan fingerprint density at radius 2 is 1.24 bits per heavy atom. The lowest BCUT2D eigenvalue weighted by Gasteiger charge is -2.11. The first kappa shape index (κ1) is 19.0. The van der Waals surface area contributed by atoms with Crippen molar-refractivity contribution in [1.82, 2.24) is 9.55 Å². The minimum absolute atomic E-state index is 0.577. The summed E-state index contributed by atoms with van der Waals surface area (Å²) in [6.45, 7) is 0. The topological polar surface area (TPSA) is 41.6 Å². The summed E-state index contributed by atoms with van der Waals surface area (Å²) in [6.07, 6.45) is 1.73. The van der Waals surface area contributed by atoms with E-state index in [0.29, 0.717) is 11.3 Å². The van der Waals surface area contributed by atoms with Gasteiger partial charge >= 0.3 is 0 Å². The third-order valence-electron chi connectivity index (χ3n) is 6.08. The maximum absolute atomic E-state index is 9.49. The van der Waals surface area contributed by atoms with Gasteiger partial charge in [0.1, 0.15) is 6.07 Å². The molecule has 0 aliphatic rings. The molecule has 0 radical (unpaired) electrons. The van der Waals surface area contributed by atoms with E-state index in [2.05, 4.69) is 101 Å². The zero-order chi connectivity index (χ0) is 22.2. The molecule has 0 fully saturated rings. The number of nitrogens with zero attached hydrogens (tertiary/aromatic N) is 3. The second-order valence-corrected chi connectivity index (χ2v) is 8.01. The lowest BCUT2D eigenvalue weighted by molar-refractivity contribution is 1.18. The predicted octanol–water partition coefficient (Wildman–Crippen LogP) is 7.38. The molecule has 6 aromatic rings. The largest absolute Gasteiger partial charge is 0.309 e. The van der Waals surface area contributed by atoms with Gasteiger partial charge in [-0.1, -0.05) is 66.7 Å². The highest BCUT2D eigenvalue weighted by Crippen LogP contribution is 2.34. The normalized spacial score (nSPS) is 11.0. The van der Waals surface area contributed by atoms with Gasteiger partial charge in [-0.05, 0) is 53.6 Å². The Balaban J connectivity index is 1.52. The van der Waals surface area contributed by atoms with Gasteiger partial charge in [0, 0.05) is 28.2 Å². The second-order valence-electron chi connectivity index (χ2n) is 8.01. The van der Waals surface area contributed by atoms with Crippen molar-refractivity contribution in [3.63, 3.8) is 0 Å². The number of pyridine rings is 1. The van der Waals surface area contributed by atoms with Gasteiger partial charge in [0.05, 0.1) is 22.3 Å². The van der Waals surface area contributed by atoms with Crippen LogP contribution in [-0.2, 0) is 0 Å². The van der Waals surface area contributed by atoms with Crippen LogP contribution in [0.3, 0.4) is 0 Å². The Labute approximate surface area is 191 Å². The molecule has 0 aliphatic heterocycles. The summed E-state index contributed by atoms with van der Waals surface area (Å²) < 4.78 is 2.32. The lowest BCUT2D eigenvalue weighted by Crippen LogP contribution is -1.94.